The molecule has 4 aromatic rings. The molecule has 1 N–H and O–H groups in total. The molecule has 0 aliphatic heterocycles. The number of carbonyl (C=O) groups excluding carboxylic acids is 1. The largest absolute Gasteiger partial charge is 0.463 e. The van der Waals surface area contributed by atoms with Crippen molar-refractivity contribution in [2.75, 3.05) is 5.32 Å². The Hall–Kier alpha value is -3.39. The van der Waals surface area contributed by atoms with E-state index in [1.807, 2.05) is 24.3 Å². The van der Waals surface area contributed by atoms with Crippen LogP contribution in [-0.4, -0.2) is 26.3 Å². The molecule has 3 aromatic heterocycles. The van der Waals surface area contributed by atoms with Crippen molar-refractivity contribution in [2.24, 2.45) is 0 Å². The van der Waals surface area contributed by atoms with E-state index in [1.54, 1.807) is 43.7 Å². The molecule has 1 aromatic carbocycles. The lowest BCUT2D eigenvalue weighted by Gasteiger charge is -2.12. The minimum atomic E-state index is -0.425. The topological polar surface area (TPSA) is 94.1 Å². The van der Waals surface area contributed by atoms with Crippen molar-refractivity contribution in [2.45, 2.75) is 37.1 Å². The number of hydrogen-bond acceptors (Lipinski definition) is 7. The number of aromatic nitrogens is 3. The number of furan rings is 2. The van der Waals surface area contributed by atoms with E-state index < -0.39 is 5.25 Å². The van der Waals surface area contributed by atoms with Gasteiger partial charge in [0.25, 0.3) is 0 Å². The number of benzene rings is 1. The Morgan fingerprint density at radius 2 is 1.55 bits per heavy atom. The number of rotatable bonds is 7. The molecular formula is C23H22N4O3S. The highest BCUT2D eigenvalue weighted by Gasteiger charge is 2.21. The Morgan fingerprint density at radius 1 is 0.903 bits per heavy atom. The predicted octanol–water partition coefficient (Wildman–Crippen LogP) is 5.63. The van der Waals surface area contributed by atoms with Gasteiger partial charge in [-0.1, -0.05) is 37.7 Å². The summed E-state index contributed by atoms with van der Waals surface area (Å²) in [5.41, 5.74) is 2.97. The van der Waals surface area contributed by atoms with Crippen LogP contribution in [0.3, 0.4) is 0 Å². The minimum absolute atomic E-state index is 0.138. The first-order chi connectivity index (χ1) is 15.0. The van der Waals surface area contributed by atoms with Crippen molar-refractivity contribution in [3.8, 4) is 22.9 Å². The van der Waals surface area contributed by atoms with Crippen LogP contribution in [0, 0.1) is 0 Å². The molecular weight excluding hydrogens is 412 g/mol. The average Bonchev–Trinajstić information content (AvgIpc) is 3.48. The molecule has 8 heteroatoms. The maximum atomic E-state index is 12.7. The Morgan fingerprint density at radius 3 is 2.13 bits per heavy atom. The quantitative estimate of drug-likeness (QED) is 0.376. The van der Waals surface area contributed by atoms with Gasteiger partial charge in [0, 0.05) is 5.69 Å². The lowest BCUT2D eigenvalue weighted by molar-refractivity contribution is -0.115. The molecule has 0 spiro atoms. The summed E-state index contributed by atoms with van der Waals surface area (Å²) >= 11 is 1.23. The fraction of sp³-hybridized carbons (Fsp3) is 0.217. The van der Waals surface area contributed by atoms with Crippen LogP contribution in [0.25, 0.3) is 22.9 Å². The summed E-state index contributed by atoms with van der Waals surface area (Å²) in [5.74, 6) is 1.39. The van der Waals surface area contributed by atoms with Gasteiger partial charge in [-0.25, -0.2) is 4.98 Å². The van der Waals surface area contributed by atoms with Crippen LogP contribution in [0.2, 0.25) is 0 Å². The van der Waals surface area contributed by atoms with E-state index in [1.165, 1.54) is 17.3 Å². The molecule has 0 aliphatic carbocycles. The lowest BCUT2D eigenvalue weighted by Crippen LogP contribution is -2.22. The van der Waals surface area contributed by atoms with Crippen LogP contribution in [0.5, 0.6) is 0 Å². The maximum Gasteiger partial charge on any atom is 0.237 e. The number of nitrogens with one attached hydrogen (secondary N) is 1. The summed E-state index contributed by atoms with van der Waals surface area (Å²) < 4.78 is 11.0. The second kappa shape index (κ2) is 9.18. The first kappa shape index (κ1) is 20.9. The molecule has 1 atom stereocenters. The number of nitrogens with zero attached hydrogens (tertiary/aromatic N) is 3. The van der Waals surface area contributed by atoms with Crippen molar-refractivity contribution < 1.29 is 13.6 Å². The third-order valence-corrected chi connectivity index (χ3v) is 5.62. The smallest absolute Gasteiger partial charge is 0.237 e. The number of thioether (sulfide) groups is 1. The van der Waals surface area contributed by atoms with Gasteiger partial charge in [0.1, 0.15) is 5.69 Å². The molecule has 1 unspecified atom stereocenters. The van der Waals surface area contributed by atoms with Crippen LogP contribution in [0.15, 0.2) is 75.0 Å². The minimum Gasteiger partial charge on any atom is -0.463 e. The monoisotopic (exact) mass is 434 g/mol. The van der Waals surface area contributed by atoms with Crippen LogP contribution in [0.1, 0.15) is 32.3 Å². The highest BCUT2D eigenvalue weighted by Crippen LogP contribution is 2.31. The zero-order valence-corrected chi connectivity index (χ0v) is 18.2. The molecule has 4 rings (SSSR count). The van der Waals surface area contributed by atoms with E-state index in [0.29, 0.717) is 34.0 Å². The number of carbonyl (C=O) groups is 1. The molecule has 1 amide bonds. The predicted molar refractivity (Wildman–Crippen MR) is 120 cm³/mol. The molecule has 0 fully saturated rings. The lowest BCUT2D eigenvalue weighted by atomic mass is 10.0. The van der Waals surface area contributed by atoms with Crippen molar-refractivity contribution >= 4 is 23.4 Å². The van der Waals surface area contributed by atoms with Crippen LogP contribution in [-0.2, 0) is 4.79 Å². The van der Waals surface area contributed by atoms with Crippen LogP contribution in [0.4, 0.5) is 5.69 Å². The van der Waals surface area contributed by atoms with E-state index >= 15 is 0 Å². The second-order valence-corrected chi connectivity index (χ2v) is 8.58. The summed E-state index contributed by atoms with van der Waals surface area (Å²) in [6.45, 7) is 6.07. The Kier molecular flexibility index (Phi) is 6.18. The SMILES string of the molecule is CC(Sc1nnc(-c2ccco2)c(-c2ccco2)n1)C(=O)Nc1ccc(C(C)C)cc1. The van der Waals surface area contributed by atoms with E-state index in [2.05, 4.69) is 34.3 Å². The number of hydrogen-bond donors (Lipinski definition) is 1. The van der Waals surface area contributed by atoms with Crippen LogP contribution < -0.4 is 5.32 Å². The van der Waals surface area contributed by atoms with Gasteiger partial charge in [-0.15, -0.1) is 10.2 Å². The zero-order chi connectivity index (χ0) is 21.8. The summed E-state index contributed by atoms with van der Waals surface area (Å²) in [4.78, 5) is 17.2. The van der Waals surface area contributed by atoms with E-state index in [0.717, 1.165) is 5.69 Å². The highest BCUT2D eigenvalue weighted by atomic mass is 32.2. The molecule has 0 aliphatic rings. The Bertz CT molecular complexity index is 1140. The fourth-order valence-electron chi connectivity index (χ4n) is 2.93. The van der Waals surface area contributed by atoms with Gasteiger partial charge in [-0.2, -0.15) is 0 Å². The van der Waals surface area contributed by atoms with Crippen molar-refractivity contribution in [1.29, 1.82) is 0 Å². The molecule has 0 bridgehead atoms. The first-order valence-electron chi connectivity index (χ1n) is 9.91. The summed E-state index contributed by atoms with van der Waals surface area (Å²) in [5, 5.41) is 11.4. The van der Waals surface area contributed by atoms with Gasteiger partial charge in [-0.05, 0) is 54.8 Å². The van der Waals surface area contributed by atoms with Gasteiger partial charge in [0.2, 0.25) is 11.1 Å². The Balaban J connectivity index is 1.50. The van der Waals surface area contributed by atoms with Crippen molar-refractivity contribution in [3.05, 3.63) is 66.6 Å². The molecule has 0 saturated carbocycles. The average molecular weight is 435 g/mol. The van der Waals surface area contributed by atoms with E-state index in [9.17, 15) is 4.79 Å². The Labute approximate surface area is 184 Å². The van der Waals surface area contributed by atoms with Crippen LogP contribution >= 0.6 is 11.8 Å². The third kappa shape index (κ3) is 4.86. The molecule has 7 nitrogen and oxygen atoms in total. The van der Waals surface area contributed by atoms with Gasteiger partial charge < -0.3 is 14.2 Å². The van der Waals surface area contributed by atoms with Gasteiger partial charge in [0.05, 0.1) is 17.8 Å². The molecule has 158 valence electrons. The number of anilines is 1. The molecule has 31 heavy (non-hydrogen) atoms. The highest BCUT2D eigenvalue weighted by molar-refractivity contribution is 8.00. The zero-order valence-electron chi connectivity index (χ0n) is 17.4. The number of amides is 1. The van der Waals surface area contributed by atoms with E-state index in [4.69, 9.17) is 8.83 Å². The van der Waals surface area contributed by atoms with Gasteiger partial charge >= 0.3 is 0 Å². The fourth-order valence-corrected chi connectivity index (χ4v) is 3.65. The van der Waals surface area contributed by atoms with Gasteiger partial charge in [-0.3, -0.25) is 4.79 Å². The molecule has 0 saturated heterocycles. The summed E-state index contributed by atoms with van der Waals surface area (Å²) in [7, 11) is 0. The first-order valence-corrected chi connectivity index (χ1v) is 10.8. The molecule has 3 heterocycles. The van der Waals surface area contributed by atoms with Gasteiger partial charge in [0.15, 0.2) is 17.2 Å². The van der Waals surface area contributed by atoms with E-state index in [-0.39, 0.29) is 5.91 Å². The second-order valence-electron chi connectivity index (χ2n) is 7.27. The normalized spacial score (nSPS) is 12.1. The third-order valence-electron chi connectivity index (χ3n) is 4.67. The van der Waals surface area contributed by atoms with Crippen molar-refractivity contribution in [3.63, 3.8) is 0 Å². The maximum absolute atomic E-state index is 12.7. The standard InChI is InChI=1S/C23H22N4O3S/c1-14(2)16-8-10-17(11-9-16)24-22(28)15(3)31-23-25-20(18-6-4-12-29-18)21(26-27-23)19-7-5-13-30-19/h4-15H,1-3H3,(H,24,28). The summed E-state index contributed by atoms with van der Waals surface area (Å²) in [6.07, 6.45) is 3.13. The van der Waals surface area contributed by atoms with Crippen molar-refractivity contribution in [1.82, 2.24) is 15.2 Å². The molecule has 0 radical (unpaired) electrons. The summed E-state index contributed by atoms with van der Waals surface area (Å²) in [6, 6.07) is 15.0.